The van der Waals surface area contributed by atoms with Gasteiger partial charge in [0, 0.05) is 13.2 Å². The van der Waals surface area contributed by atoms with Gasteiger partial charge in [0.05, 0.1) is 7.11 Å². The molecule has 0 aliphatic rings. The Labute approximate surface area is 123 Å². The molecule has 0 aliphatic carbocycles. The number of methoxy groups -OCH3 is 1. The lowest BCUT2D eigenvalue weighted by Crippen LogP contribution is -2.45. The van der Waals surface area contributed by atoms with E-state index in [0.717, 1.165) is 6.07 Å². The summed E-state index contributed by atoms with van der Waals surface area (Å²) in [4.78, 5) is 23.6. The van der Waals surface area contributed by atoms with E-state index in [1.165, 1.54) is 24.9 Å². The van der Waals surface area contributed by atoms with Gasteiger partial charge in [-0.05, 0) is 12.0 Å². The number of carbonyl (C=O) groups is 2. The Balaban J connectivity index is 3.04. The van der Waals surface area contributed by atoms with Crippen LogP contribution in [0.25, 0.3) is 0 Å². The Morgan fingerprint density at radius 3 is 2.33 bits per heavy atom. The van der Waals surface area contributed by atoms with Gasteiger partial charge in [0.2, 0.25) is 10.0 Å². The third kappa shape index (κ3) is 4.05. The first kappa shape index (κ1) is 17.2. The van der Waals surface area contributed by atoms with Gasteiger partial charge in [-0.25, -0.2) is 18.4 Å². The van der Waals surface area contributed by atoms with Crippen LogP contribution in [0.15, 0.2) is 17.2 Å². The standard InChI is InChI=1S/C12H19N3O5S/c1-7(2)10(12(17)20-4)14-11(16)9-5-8(6-15(9)3)21(13,18)19/h5-7,10H,1-4H3,(H,14,16)(H2,13,18,19). The minimum atomic E-state index is -3.90. The second kappa shape index (κ2) is 6.27. The van der Waals surface area contributed by atoms with E-state index in [1.807, 2.05) is 0 Å². The monoisotopic (exact) mass is 317 g/mol. The maximum Gasteiger partial charge on any atom is 0.328 e. The van der Waals surface area contributed by atoms with Gasteiger partial charge in [-0.15, -0.1) is 0 Å². The van der Waals surface area contributed by atoms with Crippen LogP contribution in [0, 0.1) is 5.92 Å². The molecule has 21 heavy (non-hydrogen) atoms. The molecule has 0 aromatic carbocycles. The molecule has 0 saturated carbocycles. The summed E-state index contributed by atoms with van der Waals surface area (Å²) in [5.41, 5.74) is 0.0774. The van der Waals surface area contributed by atoms with Gasteiger partial charge < -0.3 is 14.6 Å². The van der Waals surface area contributed by atoms with E-state index >= 15 is 0 Å². The van der Waals surface area contributed by atoms with E-state index in [1.54, 1.807) is 13.8 Å². The molecule has 0 spiro atoms. The van der Waals surface area contributed by atoms with Gasteiger partial charge in [0.1, 0.15) is 16.6 Å². The molecule has 0 bridgehead atoms. The van der Waals surface area contributed by atoms with E-state index < -0.39 is 27.9 Å². The molecule has 0 saturated heterocycles. The Bertz CT molecular complexity index is 648. The summed E-state index contributed by atoms with van der Waals surface area (Å²) in [6.45, 7) is 3.51. The number of nitrogens with one attached hydrogen (secondary N) is 1. The SMILES string of the molecule is COC(=O)C(NC(=O)c1cc(S(N)(=O)=O)cn1C)C(C)C. The maximum absolute atomic E-state index is 12.2. The predicted octanol–water partition coefficient (Wildman–Crippen LogP) is -0.400. The summed E-state index contributed by atoms with van der Waals surface area (Å²) in [5, 5.41) is 7.53. The lowest BCUT2D eigenvalue weighted by Gasteiger charge is -2.19. The fourth-order valence-corrected chi connectivity index (χ4v) is 2.34. The number of esters is 1. The fourth-order valence-electron chi connectivity index (χ4n) is 1.76. The molecular formula is C12H19N3O5S. The van der Waals surface area contributed by atoms with Crippen molar-refractivity contribution in [1.82, 2.24) is 9.88 Å². The Kier molecular flexibility index (Phi) is 5.13. The van der Waals surface area contributed by atoms with Crippen molar-refractivity contribution in [3.05, 3.63) is 18.0 Å². The first-order chi connectivity index (χ1) is 9.57. The summed E-state index contributed by atoms with van der Waals surface area (Å²) in [7, 11) is -1.16. The predicted molar refractivity (Wildman–Crippen MR) is 74.9 cm³/mol. The number of amides is 1. The Hall–Kier alpha value is -1.87. The van der Waals surface area contributed by atoms with Gasteiger partial charge in [-0.3, -0.25) is 4.79 Å². The van der Waals surface area contributed by atoms with E-state index in [2.05, 4.69) is 10.1 Å². The molecule has 1 unspecified atom stereocenters. The molecule has 1 amide bonds. The van der Waals surface area contributed by atoms with E-state index in [0.29, 0.717) is 0 Å². The molecule has 1 rings (SSSR count). The zero-order valence-corrected chi connectivity index (χ0v) is 13.1. The fraction of sp³-hybridized carbons (Fsp3) is 0.500. The summed E-state index contributed by atoms with van der Waals surface area (Å²) in [6.07, 6.45) is 1.23. The molecule has 0 radical (unpaired) electrons. The van der Waals surface area contributed by atoms with Crippen molar-refractivity contribution < 1.29 is 22.7 Å². The van der Waals surface area contributed by atoms with Gasteiger partial charge >= 0.3 is 5.97 Å². The van der Waals surface area contributed by atoms with E-state index in [-0.39, 0.29) is 16.5 Å². The number of hydrogen-bond acceptors (Lipinski definition) is 5. The minimum absolute atomic E-state index is 0.0774. The van der Waals surface area contributed by atoms with Crippen LogP contribution >= 0.6 is 0 Å². The maximum atomic E-state index is 12.2. The van der Waals surface area contributed by atoms with Crippen LogP contribution in [0.3, 0.4) is 0 Å². The molecule has 1 aromatic heterocycles. The Morgan fingerprint density at radius 2 is 1.95 bits per heavy atom. The third-order valence-corrected chi connectivity index (χ3v) is 3.83. The largest absolute Gasteiger partial charge is 0.467 e. The highest BCUT2D eigenvalue weighted by molar-refractivity contribution is 7.89. The lowest BCUT2D eigenvalue weighted by atomic mass is 10.0. The average Bonchev–Trinajstić information content (AvgIpc) is 2.76. The molecule has 3 N–H and O–H groups in total. The van der Waals surface area contributed by atoms with Gasteiger partial charge in [0.25, 0.3) is 5.91 Å². The number of carbonyl (C=O) groups excluding carboxylic acids is 2. The van der Waals surface area contributed by atoms with Crippen LogP contribution in [-0.4, -0.2) is 38.0 Å². The molecule has 9 heteroatoms. The van der Waals surface area contributed by atoms with Crippen LogP contribution in [0.4, 0.5) is 0 Å². The van der Waals surface area contributed by atoms with Crippen LogP contribution < -0.4 is 10.5 Å². The van der Waals surface area contributed by atoms with Crippen LogP contribution in [-0.2, 0) is 26.6 Å². The van der Waals surface area contributed by atoms with Crippen molar-refractivity contribution in [2.75, 3.05) is 7.11 Å². The summed E-state index contributed by atoms with van der Waals surface area (Å²) in [5.74, 6) is -1.34. The number of rotatable bonds is 5. The average molecular weight is 317 g/mol. The van der Waals surface area contributed by atoms with Gasteiger partial charge in [-0.1, -0.05) is 13.8 Å². The number of nitrogens with two attached hydrogens (primary N) is 1. The smallest absolute Gasteiger partial charge is 0.328 e. The molecule has 8 nitrogen and oxygen atoms in total. The number of aryl methyl sites for hydroxylation is 1. The van der Waals surface area contributed by atoms with Crippen molar-refractivity contribution >= 4 is 21.9 Å². The van der Waals surface area contributed by atoms with Crippen LogP contribution in [0.2, 0.25) is 0 Å². The first-order valence-electron chi connectivity index (χ1n) is 6.15. The summed E-state index contributed by atoms with van der Waals surface area (Å²) >= 11 is 0. The number of aromatic nitrogens is 1. The molecule has 0 aliphatic heterocycles. The van der Waals surface area contributed by atoms with E-state index in [9.17, 15) is 18.0 Å². The second-order valence-corrected chi connectivity index (χ2v) is 6.50. The van der Waals surface area contributed by atoms with Gasteiger partial charge in [-0.2, -0.15) is 0 Å². The number of sulfonamides is 1. The van der Waals surface area contributed by atoms with Crippen molar-refractivity contribution in [2.24, 2.45) is 18.1 Å². The highest BCUT2D eigenvalue weighted by Gasteiger charge is 2.27. The minimum Gasteiger partial charge on any atom is -0.467 e. The molecule has 1 heterocycles. The number of primary sulfonamides is 1. The zero-order valence-electron chi connectivity index (χ0n) is 12.3. The molecule has 0 fully saturated rings. The number of ether oxygens (including phenoxy) is 1. The van der Waals surface area contributed by atoms with E-state index in [4.69, 9.17) is 5.14 Å². The summed E-state index contributed by atoms with van der Waals surface area (Å²) < 4.78 is 28.5. The molecule has 1 atom stereocenters. The molecular weight excluding hydrogens is 298 g/mol. The second-order valence-electron chi connectivity index (χ2n) is 4.94. The Morgan fingerprint density at radius 1 is 1.38 bits per heavy atom. The summed E-state index contributed by atoms with van der Waals surface area (Å²) in [6, 6.07) is 0.328. The number of nitrogens with zero attached hydrogens (tertiary/aromatic N) is 1. The topological polar surface area (TPSA) is 120 Å². The quantitative estimate of drug-likeness (QED) is 0.716. The molecule has 118 valence electrons. The molecule has 1 aromatic rings. The first-order valence-corrected chi connectivity index (χ1v) is 7.70. The van der Waals surface area contributed by atoms with Gasteiger partial charge in [0.15, 0.2) is 0 Å². The van der Waals surface area contributed by atoms with Crippen molar-refractivity contribution in [3.63, 3.8) is 0 Å². The highest BCUT2D eigenvalue weighted by Crippen LogP contribution is 2.13. The highest BCUT2D eigenvalue weighted by atomic mass is 32.2. The normalized spacial score (nSPS) is 13.0. The van der Waals surface area contributed by atoms with Crippen molar-refractivity contribution in [1.29, 1.82) is 0 Å². The van der Waals surface area contributed by atoms with Crippen molar-refractivity contribution in [3.8, 4) is 0 Å². The zero-order chi connectivity index (χ0) is 16.4. The number of hydrogen-bond donors (Lipinski definition) is 2. The lowest BCUT2D eigenvalue weighted by molar-refractivity contribution is -0.144. The van der Waals surface area contributed by atoms with Crippen molar-refractivity contribution in [2.45, 2.75) is 24.8 Å². The van der Waals surface area contributed by atoms with Crippen LogP contribution in [0.1, 0.15) is 24.3 Å². The third-order valence-electron chi connectivity index (χ3n) is 2.95. The van der Waals surface area contributed by atoms with Crippen LogP contribution in [0.5, 0.6) is 0 Å².